The molecule has 1 aromatic carbocycles. The molecule has 0 atom stereocenters. The maximum Gasteiger partial charge on any atom is 0.139 e. The van der Waals surface area contributed by atoms with Gasteiger partial charge in [0.1, 0.15) is 5.82 Å². The smallest absolute Gasteiger partial charge is 0.139 e. The van der Waals surface area contributed by atoms with Gasteiger partial charge < -0.3 is 9.88 Å². The average Bonchev–Trinajstić information content (AvgIpc) is 3.37. The van der Waals surface area contributed by atoms with E-state index in [2.05, 4.69) is 33.2 Å². The number of aryl methyl sites for hydroxylation is 1. The number of aromatic nitrogens is 2. The Labute approximate surface area is 159 Å². The van der Waals surface area contributed by atoms with Crippen LogP contribution in [-0.2, 0) is 6.54 Å². The summed E-state index contributed by atoms with van der Waals surface area (Å²) in [6.07, 6.45) is 7.99. The van der Waals surface area contributed by atoms with Gasteiger partial charge in [-0.2, -0.15) is 0 Å². The molecule has 1 fully saturated rings. The van der Waals surface area contributed by atoms with Crippen LogP contribution in [0.3, 0.4) is 0 Å². The standard InChI is InChI=1S/C18H17Cl2N3.C2H6/c19-14-2-1-3-15(20)17(14)22-18-13-8-11-23(10-7-12-4-5-12)16(13)6-9-21-18;1-2/h1-3,6,8-9,11-12H,4-5,7,10H2,(H,21,22);1-2H3. The molecule has 1 saturated carbocycles. The van der Waals surface area contributed by atoms with Crippen molar-refractivity contribution >= 4 is 45.6 Å². The number of fused-ring (bicyclic) bond motifs is 1. The molecular weight excluding hydrogens is 353 g/mol. The summed E-state index contributed by atoms with van der Waals surface area (Å²) >= 11 is 12.5. The van der Waals surface area contributed by atoms with E-state index < -0.39 is 0 Å². The highest BCUT2D eigenvalue weighted by molar-refractivity contribution is 6.39. The summed E-state index contributed by atoms with van der Waals surface area (Å²) in [6.45, 7) is 5.06. The van der Waals surface area contributed by atoms with Crippen LogP contribution in [-0.4, -0.2) is 9.55 Å². The summed E-state index contributed by atoms with van der Waals surface area (Å²) in [7, 11) is 0. The lowest BCUT2D eigenvalue weighted by atomic mass is 10.2. The zero-order valence-electron chi connectivity index (χ0n) is 14.6. The summed E-state index contributed by atoms with van der Waals surface area (Å²) < 4.78 is 2.30. The Morgan fingerprint density at radius 3 is 2.52 bits per heavy atom. The van der Waals surface area contributed by atoms with Gasteiger partial charge in [0.25, 0.3) is 0 Å². The molecule has 0 aliphatic heterocycles. The number of hydrogen-bond acceptors (Lipinski definition) is 2. The molecule has 0 bridgehead atoms. The maximum atomic E-state index is 6.25. The molecular formula is C20H23Cl2N3. The van der Waals surface area contributed by atoms with Crippen molar-refractivity contribution in [2.24, 2.45) is 5.92 Å². The van der Waals surface area contributed by atoms with E-state index >= 15 is 0 Å². The van der Waals surface area contributed by atoms with Crippen molar-refractivity contribution in [3.63, 3.8) is 0 Å². The molecule has 0 radical (unpaired) electrons. The average molecular weight is 376 g/mol. The minimum Gasteiger partial charge on any atom is -0.347 e. The lowest BCUT2D eigenvalue weighted by Gasteiger charge is -2.11. The van der Waals surface area contributed by atoms with Gasteiger partial charge in [0, 0.05) is 24.3 Å². The second-order valence-electron chi connectivity index (χ2n) is 6.06. The second-order valence-corrected chi connectivity index (χ2v) is 6.87. The Bertz CT molecular complexity index is 833. The zero-order valence-corrected chi connectivity index (χ0v) is 16.1. The van der Waals surface area contributed by atoms with Gasteiger partial charge in [0.15, 0.2) is 0 Å². The monoisotopic (exact) mass is 375 g/mol. The molecule has 3 aromatic rings. The fourth-order valence-corrected chi connectivity index (χ4v) is 3.37. The number of halogens is 2. The number of pyridine rings is 1. The largest absolute Gasteiger partial charge is 0.347 e. The Hall–Kier alpha value is -1.71. The fourth-order valence-electron chi connectivity index (χ4n) is 2.88. The third-order valence-corrected chi connectivity index (χ3v) is 5.01. The lowest BCUT2D eigenvalue weighted by Crippen LogP contribution is -1.99. The molecule has 1 N–H and O–H groups in total. The molecule has 3 nitrogen and oxygen atoms in total. The Morgan fingerprint density at radius 2 is 1.84 bits per heavy atom. The topological polar surface area (TPSA) is 29.9 Å². The van der Waals surface area contributed by atoms with Gasteiger partial charge in [0.05, 0.1) is 21.2 Å². The van der Waals surface area contributed by atoms with E-state index in [1.165, 1.54) is 24.8 Å². The van der Waals surface area contributed by atoms with E-state index in [1.54, 1.807) is 0 Å². The van der Waals surface area contributed by atoms with E-state index in [0.717, 1.165) is 23.7 Å². The van der Waals surface area contributed by atoms with Crippen LogP contribution in [0.4, 0.5) is 11.5 Å². The van der Waals surface area contributed by atoms with Gasteiger partial charge >= 0.3 is 0 Å². The first-order valence-corrected chi connectivity index (χ1v) is 9.63. The Morgan fingerprint density at radius 1 is 1.12 bits per heavy atom. The summed E-state index contributed by atoms with van der Waals surface area (Å²) in [6, 6.07) is 9.62. The molecule has 132 valence electrons. The Balaban J connectivity index is 0.000000880. The second kappa shape index (κ2) is 8.11. The van der Waals surface area contributed by atoms with Gasteiger partial charge in [-0.1, -0.05) is 56.0 Å². The first kappa shape index (κ1) is 18.1. The van der Waals surface area contributed by atoms with Crippen LogP contribution >= 0.6 is 23.2 Å². The maximum absolute atomic E-state index is 6.25. The molecule has 0 amide bonds. The number of rotatable bonds is 5. The molecule has 2 heterocycles. The molecule has 0 saturated heterocycles. The molecule has 4 rings (SSSR count). The van der Waals surface area contributed by atoms with Crippen molar-refractivity contribution in [2.75, 3.05) is 5.32 Å². The number of nitrogens with zero attached hydrogens (tertiary/aromatic N) is 2. The molecule has 0 unspecified atom stereocenters. The summed E-state index contributed by atoms with van der Waals surface area (Å²) in [5, 5.41) is 5.54. The molecule has 1 aliphatic rings. The third-order valence-electron chi connectivity index (χ3n) is 4.38. The molecule has 1 aliphatic carbocycles. The van der Waals surface area contributed by atoms with E-state index in [4.69, 9.17) is 23.2 Å². The predicted molar refractivity (Wildman–Crippen MR) is 108 cm³/mol. The lowest BCUT2D eigenvalue weighted by molar-refractivity contribution is 0.611. The number of nitrogens with one attached hydrogen (secondary N) is 1. The van der Waals surface area contributed by atoms with Crippen LogP contribution in [0.5, 0.6) is 0 Å². The molecule has 0 spiro atoms. The number of benzene rings is 1. The quantitative estimate of drug-likeness (QED) is 0.524. The van der Waals surface area contributed by atoms with E-state index in [1.807, 2.05) is 38.2 Å². The van der Waals surface area contributed by atoms with Crippen LogP contribution in [0.15, 0.2) is 42.7 Å². The van der Waals surface area contributed by atoms with Crippen molar-refractivity contribution < 1.29 is 0 Å². The number of para-hydroxylation sites is 1. The van der Waals surface area contributed by atoms with Crippen molar-refractivity contribution in [1.82, 2.24) is 9.55 Å². The van der Waals surface area contributed by atoms with Crippen molar-refractivity contribution in [1.29, 1.82) is 0 Å². The van der Waals surface area contributed by atoms with E-state index in [9.17, 15) is 0 Å². The third kappa shape index (κ3) is 4.10. The van der Waals surface area contributed by atoms with Crippen molar-refractivity contribution in [3.8, 4) is 0 Å². The highest BCUT2D eigenvalue weighted by Gasteiger charge is 2.21. The highest BCUT2D eigenvalue weighted by Crippen LogP contribution is 2.35. The minimum atomic E-state index is 0.587. The SMILES string of the molecule is CC.Clc1cccc(Cl)c1Nc1nccc2c1ccn2CCC1CC1. The van der Waals surface area contributed by atoms with Gasteiger partial charge in [-0.25, -0.2) is 4.98 Å². The fraction of sp³-hybridized carbons (Fsp3) is 0.350. The first-order chi connectivity index (χ1) is 12.2. The van der Waals surface area contributed by atoms with Crippen LogP contribution in [0.2, 0.25) is 10.0 Å². The van der Waals surface area contributed by atoms with Gasteiger partial charge in [0.2, 0.25) is 0 Å². The number of anilines is 2. The highest BCUT2D eigenvalue weighted by atomic mass is 35.5. The van der Waals surface area contributed by atoms with Crippen molar-refractivity contribution in [3.05, 3.63) is 52.8 Å². The first-order valence-electron chi connectivity index (χ1n) is 8.87. The minimum absolute atomic E-state index is 0.587. The summed E-state index contributed by atoms with van der Waals surface area (Å²) in [5.41, 5.74) is 1.88. The number of hydrogen-bond donors (Lipinski definition) is 1. The van der Waals surface area contributed by atoms with Crippen LogP contribution < -0.4 is 5.32 Å². The molecule has 2 aromatic heterocycles. The van der Waals surface area contributed by atoms with Crippen LogP contribution in [0.1, 0.15) is 33.1 Å². The van der Waals surface area contributed by atoms with Crippen molar-refractivity contribution in [2.45, 2.75) is 39.7 Å². The summed E-state index contributed by atoms with van der Waals surface area (Å²) in [5.74, 6) is 1.71. The normalized spacial score (nSPS) is 13.4. The van der Waals surface area contributed by atoms with Gasteiger partial charge in [-0.3, -0.25) is 0 Å². The zero-order chi connectivity index (χ0) is 17.8. The van der Waals surface area contributed by atoms with Gasteiger partial charge in [-0.15, -0.1) is 0 Å². The summed E-state index contributed by atoms with van der Waals surface area (Å²) in [4.78, 5) is 4.46. The predicted octanol–water partition coefficient (Wildman–Crippen LogP) is 6.91. The molecule has 5 heteroatoms. The van der Waals surface area contributed by atoms with Crippen LogP contribution in [0, 0.1) is 5.92 Å². The Kier molecular flexibility index (Phi) is 5.87. The van der Waals surface area contributed by atoms with Gasteiger partial charge in [-0.05, 0) is 36.6 Å². The van der Waals surface area contributed by atoms with E-state index in [-0.39, 0.29) is 0 Å². The van der Waals surface area contributed by atoms with Crippen LogP contribution in [0.25, 0.3) is 10.9 Å². The van der Waals surface area contributed by atoms with E-state index in [0.29, 0.717) is 15.7 Å². The molecule has 25 heavy (non-hydrogen) atoms.